The van der Waals surface area contributed by atoms with E-state index >= 15 is 0 Å². The molecule has 2 aromatic heterocycles. The van der Waals surface area contributed by atoms with Crippen molar-refractivity contribution < 1.29 is 0 Å². The summed E-state index contributed by atoms with van der Waals surface area (Å²) in [6.07, 6.45) is 0. The highest BCUT2D eigenvalue weighted by molar-refractivity contribution is 7.26. The summed E-state index contributed by atoms with van der Waals surface area (Å²) in [5.41, 5.74) is 5.20. The van der Waals surface area contributed by atoms with E-state index in [1.54, 1.807) is 6.07 Å². The smallest absolute Gasteiger partial charge is 0.161 e. The first-order valence-electron chi connectivity index (χ1n) is 10.4. The SMILES string of the molecule is Clc1cc(-c2ccccc2)nc(-c2ccc(-c3cccc4c3sc3ccccc34)cc2)n1. The molecule has 0 saturated carbocycles. The Morgan fingerprint density at radius 3 is 2.16 bits per heavy atom. The lowest BCUT2D eigenvalue weighted by atomic mass is 10.0. The fourth-order valence-corrected chi connectivity index (χ4v) is 5.50. The summed E-state index contributed by atoms with van der Waals surface area (Å²) in [6, 6.07) is 35.4. The fourth-order valence-electron chi connectivity index (χ4n) is 4.08. The molecule has 2 heterocycles. The maximum atomic E-state index is 6.33. The lowest BCUT2D eigenvalue weighted by molar-refractivity contribution is 1.18. The summed E-state index contributed by atoms with van der Waals surface area (Å²) in [4.78, 5) is 9.23. The molecule has 6 aromatic rings. The Hall–Kier alpha value is -3.53. The Bertz CT molecular complexity index is 1570. The van der Waals surface area contributed by atoms with E-state index in [1.165, 1.54) is 31.3 Å². The van der Waals surface area contributed by atoms with Crippen molar-refractivity contribution in [3.05, 3.63) is 108 Å². The molecule has 0 amide bonds. The van der Waals surface area contributed by atoms with E-state index in [4.69, 9.17) is 16.6 Å². The lowest BCUT2D eigenvalue weighted by Crippen LogP contribution is -1.93. The zero-order valence-corrected chi connectivity index (χ0v) is 18.6. The van der Waals surface area contributed by atoms with E-state index in [0.29, 0.717) is 11.0 Å². The minimum absolute atomic E-state index is 0.438. The summed E-state index contributed by atoms with van der Waals surface area (Å²) in [5, 5.41) is 3.05. The number of hydrogen-bond donors (Lipinski definition) is 0. The Balaban J connectivity index is 1.42. The molecular weight excluding hydrogens is 432 g/mol. The van der Waals surface area contributed by atoms with E-state index in [-0.39, 0.29) is 0 Å². The van der Waals surface area contributed by atoms with Crippen LogP contribution in [0.1, 0.15) is 0 Å². The average molecular weight is 449 g/mol. The molecule has 0 saturated heterocycles. The molecule has 4 aromatic carbocycles. The van der Waals surface area contributed by atoms with Crippen molar-refractivity contribution in [1.82, 2.24) is 9.97 Å². The third-order valence-corrected chi connectivity index (χ3v) is 7.04. The zero-order chi connectivity index (χ0) is 21.5. The summed E-state index contributed by atoms with van der Waals surface area (Å²) in [7, 11) is 0. The number of aromatic nitrogens is 2. The van der Waals surface area contributed by atoms with Crippen LogP contribution in [0.4, 0.5) is 0 Å². The van der Waals surface area contributed by atoms with Gasteiger partial charge in [0.05, 0.1) is 5.69 Å². The molecule has 0 radical (unpaired) electrons. The predicted molar refractivity (Wildman–Crippen MR) is 136 cm³/mol. The maximum Gasteiger partial charge on any atom is 0.161 e. The van der Waals surface area contributed by atoms with Gasteiger partial charge in [0.2, 0.25) is 0 Å². The van der Waals surface area contributed by atoms with Gasteiger partial charge >= 0.3 is 0 Å². The van der Waals surface area contributed by atoms with E-state index in [1.807, 2.05) is 41.7 Å². The van der Waals surface area contributed by atoms with Crippen LogP contribution in [0.2, 0.25) is 5.15 Å². The van der Waals surface area contributed by atoms with Crippen LogP contribution in [0, 0.1) is 0 Å². The predicted octanol–water partition coefficient (Wildman–Crippen LogP) is 8.50. The Morgan fingerprint density at radius 1 is 0.594 bits per heavy atom. The summed E-state index contributed by atoms with van der Waals surface area (Å²) < 4.78 is 2.62. The molecule has 0 bridgehead atoms. The van der Waals surface area contributed by atoms with E-state index in [0.717, 1.165) is 16.8 Å². The van der Waals surface area contributed by atoms with Gasteiger partial charge in [-0.2, -0.15) is 0 Å². The molecule has 6 rings (SSSR count). The van der Waals surface area contributed by atoms with Crippen molar-refractivity contribution in [2.45, 2.75) is 0 Å². The summed E-state index contributed by atoms with van der Waals surface area (Å²) >= 11 is 8.17. The van der Waals surface area contributed by atoms with Crippen LogP contribution in [0.3, 0.4) is 0 Å². The minimum atomic E-state index is 0.438. The molecule has 0 aliphatic rings. The number of benzene rings is 4. The van der Waals surface area contributed by atoms with E-state index in [9.17, 15) is 0 Å². The van der Waals surface area contributed by atoms with Gasteiger partial charge in [-0.25, -0.2) is 9.97 Å². The van der Waals surface area contributed by atoms with Crippen LogP contribution in [0.5, 0.6) is 0 Å². The number of rotatable bonds is 3. The molecule has 4 heteroatoms. The summed E-state index contributed by atoms with van der Waals surface area (Å²) in [6.45, 7) is 0. The van der Waals surface area contributed by atoms with Crippen molar-refractivity contribution >= 4 is 43.1 Å². The largest absolute Gasteiger partial charge is 0.228 e. The Morgan fingerprint density at radius 2 is 1.31 bits per heavy atom. The van der Waals surface area contributed by atoms with Crippen molar-refractivity contribution in [2.75, 3.05) is 0 Å². The van der Waals surface area contributed by atoms with Gasteiger partial charge in [0, 0.05) is 37.4 Å². The monoisotopic (exact) mass is 448 g/mol. The van der Waals surface area contributed by atoms with Gasteiger partial charge in [-0.05, 0) is 17.2 Å². The van der Waals surface area contributed by atoms with Crippen LogP contribution < -0.4 is 0 Å². The van der Waals surface area contributed by atoms with Crippen LogP contribution in [0.25, 0.3) is 53.9 Å². The molecular formula is C28H17ClN2S. The van der Waals surface area contributed by atoms with Crippen molar-refractivity contribution in [3.63, 3.8) is 0 Å². The highest BCUT2D eigenvalue weighted by Crippen LogP contribution is 2.40. The molecule has 152 valence electrons. The number of fused-ring (bicyclic) bond motifs is 3. The number of nitrogens with zero attached hydrogens (tertiary/aromatic N) is 2. The Labute approximate surface area is 194 Å². The second-order valence-electron chi connectivity index (χ2n) is 7.62. The van der Waals surface area contributed by atoms with Gasteiger partial charge in [-0.1, -0.05) is 103 Å². The average Bonchev–Trinajstić information content (AvgIpc) is 3.23. The van der Waals surface area contributed by atoms with Crippen LogP contribution in [-0.4, -0.2) is 9.97 Å². The first-order chi connectivity index (χ1) is 15.8. The lowest BCUT2D eigenvalue weighted by Gasteiger charge is -2.08. The fraction of sp³-hybridized carbons (Fsp3) is 0. The van der Waals surface area contributed by atoms with Crippen molar-refractivity contribution in [3.8, 4) is 33.8 Å². The highest BCUT2D eigenvalue weighted by Gasteiger charge is 2.11. The van der Waals surface area contributed by atoms with Gasteiger partial charge in [0.25, 0.3) is 0 Å². The van der Waals surface area contributed by atoms with Gasteiger partial charge in [0.1, 0.15) is 5.15 Å². The second-order valence-corrected chi connectivity index (χ2v) is 9.06. The summed E-state index contributed by atoms with van der Waals surface area (Å²) in [5.74, 6) is 0.628. The van der Waals surface area contributed by atoms with E-state index in [2.05, 4.69) is 71.7 Å². The number of thiophene rings is 1. The highest BCUT2D eigenvalue weighted by atomic mass is 35.5. The van der Waals surface area contributed by atoms with Crippen LogP contribution in [-0.2, 0) is 0 Å². The maximum absolute atomic E-state index is 6.33. The normalized spacial score (nSPS) is 11.3. The molecule has 0 spiro atoms. The second kappa shape index (κ2) is 7.86. The third kappa shape index (κ3) is 3.36. The number of halogens is 1. The molecule has 0 aliphatic carbocycles. The molecule has 32 heavy (non-hydrogen) atoms. The quantitative estimate of drug-likeness (QED) is 0.253. The third-order valence-electron chi connectivity index (χ3n) is 5.62. The first-order valence-corrected chi connectivity index (χ1v) is 11.6. The van der Waals surface area contributed by atoms with Crippen molar-refractivity contribution in [2.24, 2.45) is 0 Å². The van der Waals surface area contributed by atoms with Gasteiger partial charge in [-0.15, -0.1) is 11.3 Å². The topological polar surface area (TPSA) is 25.8 Å². The van der Waals surface area contributed by atoms with Crippen LogP contribution >= 0.6 is 22.9 Å². The van der Waals surface area contributed by atoms with Crippen LogP contribution in [0.15, 0.2) is 103 Å². The van der Waals surface area contributed by atoms with Gasteiger partial charge in [0.15, 0.2) is 5.82 Å². The zero-order valence-electron chi connectivity index (χ0n) is 17.0. The van der Waals surface area contributed by atoms with Gasteiger partial charge < -0.3 is 0 Å². The molecule has 0 atom stereocenters. The standard InChI is InChI=1S/C28H17ClN2S/c29-26-17-24(19-7-2-1-3-8-19)30-28(31-26)20-15-13-18(14-16-20)21-10-6-11-23-22-9-4-5-12-25(22)32-27(21)23/h1-17H. The molecule has 2 nitrogen and oxygen atoms in total. The minimum Gasteiger partial charge on any atom is -0.228 e. The van der Waals surface area contributed by atoms with Crippen molar-refractivity contribution in [1.29, 1.82) is 0 Å². The molecule has 0 unspecified atom stereocenters. The molecule has 0 N–H and O–H groups in total. The number of hydrogen-bond acceptors (Lipinski definition) is 3. The Kier molecular flexibility index (Phi) is 4.71. The molecule has 0 fully saturated rings. The first kappa shape index (κ1) is 19.2. The van der Waals surface area contributed by atoms with Gasteiger partial charge in [-0.3, -0.25) is 0 Å². The molecule has 0 aliphatic heterocycles. The van der Waals surface area contributed by atoms with E-state index < -0.39 is 0 Å².